The molecule has 0 aliphatic carbocycles. The fourth-order valence-electron chi connectivity index (χ4n) is 1.12. The first kappa shape index (κ1) is 16.8. The first-order valence-electron chi connectivity index (χ1n) is 5.13. The number of carbonyl (C=O) groups excluding carboxylic acids is 1. The summed E-state index contributed by atoms with van der Waals surface area (Å²) in [5.41, 5.74) is 5.14. The van der Waals surface area contributed by atoms with Crippen molar-refractivity contribution < 1.29 is 34.5 Å². The number of carboxylic acids is 3. The van der Waals surface area contributed by atoms with Crippen LogP contribution in [-0.4, -0.2) is 76.3 Å². The molecule has 0 spiro atoms. The molecule has 0 aromatic heterocycles. The Morgan fingerprint density at radius 2 is 1.47 bits per heavy atom. The molecule has 1 amide bonds. The summed E-state index contributed by atoms with van der Waals surface area (Å²) in [6.07, 6.45) is 0. The Kier molecular flexibility index (Phi) is 7.07. The van der Waals surface area contributed by atoms with E-state index in [9.17, 15) is 19.2 Å². The van der Waals surface area contributed by atoms with Gasteiger partial charge < -0.3 is 26.4 Å². The normalized spacial score (nSPS) is 11.9. The van der Waals surface area contributed by atoms with Crippen LogP contribution in [0.4, 0.5) is 0 Å². The number of aliphatic carboxylic acids is 3. The molecule has 19 heavy (non-hydrogen) atoms. The second-order valence-electron chi connectivity index (χ2n) is 3.68. The van der Waals surface area contributed by atoms with E-state index in [0.29, 0.717) is 0 Å². The van der Waals surface area contributed by atoms with Gasteiger partial charge in [0, 0.05) is 6.54 Å². The Morgan fingerprint density at radius 3 is 1.84 bits per heavy atom. The van der Waals surface area contributed by atoms with Gasteiger partial charge in [-0.25, -0.2) is 0 Å². The van der Waals surface area contributed by atoms with Crippen molar-refractivity contribution in [3.8, 4) is 0 Å². The number of rotatable bonds is 9. The van der Waals surface area contributed by atoms with E-state index in [2.05, 4.69) is 5.32 Å². The summed E-state index contributed by atoms with van der Waals surface area (Å²) in [6, 6.07) is -1.28. The first-order chi connectivity index (χ1) is 8.72. The maximum atomic E-state index is 11.4. The third-order valence-electron chi connectivity index (χ3n) is 1.92. The monoisotopic (exact) mass is 277 g/mol. The lowest BCUT2D eigenvalue weighted by molar-refractivity contribution is -0.142. The molecule has 108 valence electrons. The zero-order chi connectivity index (χ0) is 15.0. The van der Waals surface area contributed by atoms with Gasteiger partial charge >= 0.3 is 17.9 Å². The number of carbonyl (C=O) groups is 4. The fraction of sp³-hybridized carbons (Fsp3) is 0.556. The molecule has 0 radical (unpaired) electrons. The highest BCUT2D eigenvalue weighted by Crippen LogP contribution is 1.89. The number of carboxylic acid groups (broad SMARTS) is 3. The van der Waals surface area contributed by atoms with Gasteiger partial charge in [0.15, 0.2) is 0 Å². The Bertz CT molecular complexity index is 355. The van der Waals surface area contributed by atoms with E-state index < -0.39 is 49.5 Å². The second kappa shape index (κ2) is 8.00. The van der Waals surface area contributed by atoms with E-state index in [4.69, 9.17) is 21.1 Å². The molecular weight excluding hydrogens is 262 g/mol. The summed E-state index contributed by atoms with van der Waals surface area (Å²) >= 11 is 0. The smallest absolute Gasteiger partial charge is 0.322 e. The zero-order valence-electron chi connectivity index (χ0n) is 9.90. The average molecular weight is 277 g/mol. The number of hydrogen-bond donors (Lipinski definition) is 5. The molecular formula is C9H15N3O7. The Labute approximate surface area is 107 Å². The van der Waals surface area contributed by atoms with Crippen molar-refractivity contribution in [2.45, 2.75) is 6.04 Å². The molecule has 0 saturated heterocycles. The van der Waals surface area contributed by atoms with Crippen LogP contribution in [0.1, 0.15) is 0 Å². The summed E-state index contributed by atoms with van der Waals surface area (Å²) in [6.45, 7) is -2.05. The number of nitrogens with zero attached hydrogens (tertiary/aromatic N) is 1. The Morgan fingerprint density at radius 1 is 1.00 bits per heavy atom. The molecule has 10 nitrogen and oxygen atoms in total. The molecule has 0 fully saturated rings. The van der Waals surface area contributed by atoms with Gasteiger partial charge in [-0.15, -0.1) is 0 Å². The van der Waals surface area contributed by atoms with Crippen LogP contribution in [-0.2, 0) is 19.2 Å². The number of hydrogen-bond acceptors (Lipinski definition) is 6. The van der Waals surface area contributed by atoms with Crippen LogP contribution >= 0.6 is 0 Å². The van der Waals surface area contributed by atoms with Crippen LogP contribution in [0.5, 0.6) is 0 Å². The first-order valence-corrected chi connectivity index (χ1v) is 5.13. The van der Waals surface area contributed by atoms with E-state index in [1.807, 2.05) is 0 Å². The highest BCUT2D eigenvalue weighted by Gasteiger charge is 2.18. The number of nitrogens with one attached hydrogen (secondary N) is 1. The molecule has 0 saturated carbocycles. The van der Waals surface area contributed by atoms with Gasteiger partial charge in [-0.3, -0.25) is 24.1 Å². The van der Waals surface area contributed by atoms with Crippen molar-refractivity contribution in [3.05, 3.63) is 0 Å². The van der Waals surface area contributed by atoms with Crippen molar-refractivity contribution in [3.63, 3.8) is 0 Å². The van der Waals surface area contributed by atoms with E-state index in [1.165, 1.54) is 0 Å². The molecule has 0 aliphatic rings. The summed E-state index contributed by atoms with van der Waals surface area (Å²) in [5, 5.41) is 27.7. The largest absolute Gasteiger partial charge is 0.480 e. The van der Waals surface area contributed by atoms with E-state index in [0.717, 1.165) is 4.90 Å². The standard InChI is InChI=1S/C9H15N3O7/c10-5(9(18)19)1-11-6(13)2-12(3-7(14)15)4-8(16)17/h5H,1-4,10H2,(H,11,13)(H,14,15)(H,16,17)(H,18,19)/t5-/m0/s1. The van der Waals surface area contributed by atoms with Gasteiger partial charge in [0.1, 0.15) is 6.04 Å². The predicted octanol–water partition coefficient (Wildman–Crippen LogP) is -3.01. The SMILES string of the molecule is N[C@@H](CNC(=O)CN(CC(=O)O)CC(=O)O)C(=O)O. The molecule has 10 heteroatoms. The fourth-order valence-corrected chi connectivity index (χ4v) is 1.12. The van der Waals surface area contributed by atoms with Gasteiger partial charge in [-0.05, 0) is 0 Å². The van der Waals surface area contributed by atoms with Crippen molar-refractivity contribution in [2.24, 2.45) is 5.73 Å². The average Bonchev–Trinajstić information content (AvgIpc) is 2.23. The van der Waals surface area contributed by atoms with Gasteiger partial charge in [0.05, 0.1) is 19.6 Å². The zero-order valence-corrected chi connectivity index (χ0v) is 9.90. The highest BCUT2D eigenvalue weighted by atomic mass is 16.4. The van der Waals surface area contributed by atoms with Crippen molar-refractivity contribution in [1.82, 2.24) is 10.2 Å². The lowest BCUT2D eigenvalue weighted by Gasteiger charge is -2.17. The van der Waals surface area contributed by atoms with E-state index >= 15 is 0 Å². The third kappa shape index (κ3) is 8.51. The minimum atomic E-state index is -1.30. The van der Waals surface area contributed by atoms with Crippen LogP contribution in [0.15, 0.2) is 0 Å². The van der Waals surface area contributed by atoms with Crippen molar-refractivity contribution in [1.29, 1.82) is 0 Å². The lowest BCUT2D eigenvalue weighted by Crippen LogP contribution is -2.47. The van der Waals surface area contributed by atoms with E-state index in [1.54, 1.807) is 0 Å². The molecule has 0 heterocycles. The van der Waals surface area contributed by atoms with Crippen LogP contribution in [0.2, 0.25) is 0 Å². The summed E-state index contributed by atoms with van der Waals surface area (Å²) in [4.78, 5) is 43.5. The minimum absolute atomic E-state index is 0.331. The molecule has 0 aliphatic heterocycles. The summed E-state index contributed by atoms with van der Waals surface area (Å²) in [7, 11) is 0. The van der Waals surface area contributed by atoms with Gasteiger partial charge in [0.25, 0.3) is 0 Å². The third-order valence-corrected chi connectivity index (χ3v) is 1.92. The van der Waals surface area contributed by atoms with Crippen LogP contribution in [0.3, 0.4) is 0 Å². The Hall–Kier alpha value is -2.20. The van der Waals surface area contributed by atoms with Gasteiger partial charge in [0.2, 0.25) is 5.91 Å². The van der Waals surface area contributed by atoms with E-state index in [-0.39, 0.29) is 6.54 Å². The minimum Gasteiger partial charge on any atom is -0.480 e. The molecule has 0 unspecified atom stereocenters. The molecule has 0 aromatic rings. The molecule has 0 bridgehead atoms. The topological polar surface area (TPSA) is 170 Å². The van der Waals surface area contributed by atoms with Crippen LogP contribution < -0.4 is 11.1 Å². The van der Waals surface area contributed by atoms with Crippen molar-refractivity contribution in [2.75, 3.05) is 26.2 Å². The summed E-state index contributed by atoms with van der Waals surface area (Å²) in [5.74, 6) is -4.57. The van der Waals surface area contributed by atoms with Crippen LogP contribution in [0.25, 0.3) is 0 Å². The second-order valence-corrected chi connectivity index (χ2v) is 3.68. The lowest BCUT2D eigenvalue weighted by atomic mass is 10.3. The Balaban J connectivity index is 4.26. The summed E-state index contributed by atoms with van der Waals surface area (Å²) < 4.78 is 0. The molecule has 1 atom stereocenters. The molecule has 0 aromatic carbocycles. The molecule has 6 N–H and O–H groups in total. The maximum Gasteiger partial charge on any atom is 0.322 e. The highest BCUT2D eigenvalue weighted by molar-refractivity contribution is 5.81. The maximum absolute atomic E-state index is 11.4. The predicted molar refractivity (Wildman–Crippen MR) is 60.3 cm³/mol. The van der Waals surface area contributed by atoms with Gasteiger partial charge in [-0.1, -0.05) is 0 Å². The quantitative estimate of drug-likeness (QED) is 0.294. The van der Waals surface area contributed by atoms with Crippen LogP contribution in [0, 0.1) is 0 Å². The van der Waals surface area contributed by atoms with Gasteiger partial charge in [-0.2, -0.15) is 0 Å². The number of amides is 1. The number of nitrogens with two attached hydrogens (primary N) is 1. The van der Waals surface area contributed by atoms with Crippen molar-refractivity contribution >= 4 is 23.8 Å². The molecule has 0 rings (SSSR count).